The fraction of sp³-hybridized carbons (Fsp3) is 0.667. The molecule has 1 unspecified atom stereocenters. The minimum Gasteiger partial charge on any atom is -0.493 e. The maximum Gasteiger partial charge on any atom is 0.219 e. The van der Waals surface area contributed by atoms with Crippen molar-refractivity contribution >= 4 is 11.6 Å². The number of carbonyl (C=O) groups is 1. The summed E-state index contributed by atoms with van der Waals surface area (Å²) in [5, 5.41) is 0. The van der Waals surface area contributed by atoms with E-state index in [2.05, 4.69) is 37.9 Å². The predicted molar refractivity (Wildman–Crippen MR) is 103 cm³/mol. The first-order valence-corrected chi connectivity index (χ1v) is 9.79. The van der Waals surface area contributed by atoms with E-state index in [1.54, 1.807) is 6.92 Å². The number of ether oxygens (including phenoxy) is 1. The summed E-state index contributed by atoms with van der Waals surface area (Å²) in [6, 6.07) is 5.15. The highest BCUT2D eigenvalue weighted by molar-refractivity contribution is 5.73. The highest BCUT2D eigenvalue weighted by Gasteiger charge is 2.29. The molecule has 0 radical (unpaired) electrons. The van der Waals surface area contributed by atoms with Crippen molar-refractivity contribution in [2.45, 2.75) is 64.8 Å². The number of likely N-dealkylation sites (tertiary alicyclic amines) is 1. The lowest BCUT2D eigenvalue weighted by Crippen LogP contribution is -2.37. The SMILES string of the molecule is CCCOc1c(C2CCN(C(C)=O)CC2)ccc2c1CCC(C)N2C. The van der Waals surface area contributed by atoms with Gasteiger partial charge in [0.2, 0.25) is 5.91 Å². The van der Waals surface area contributed by atoms with E-state index in [1.807, 2.05) is 4.90 Å². The molecule has 1 atom stereocenters. The van der Waals surface area contributed by atoms with Crippen molar-refractivity contribution in [2.24, 2.45) is 0 Å². The second-order valence-electron chi connectivity index (χ2n) is 7.61. The van der Waals surface area contributed by atoms with E-state index in [0.717, 1.165) is 51.1 Å². The van der Waals surface area contributed by atoms with Crippen molar-refractivity contribution in [3.8, 4) is 5.75 Å². The minimum absolute atomic E-state index is 0.196. The molecular formula is C21H32N2O2. The molecule has 1 fully saturated rings. The maximum atomic E-state index is 11.6. The third-order valence-electron chi connectivity index (χ3n) is 5.95. The number of hydrogen-bond donors (Lipinski definition) is 0. The van der Waals surface area contributed by atoms with Crippen molar-refractivity contribution in [3.63, 3.8) is 0 Å². The lowest BCUT2D eigenvalue weighted by Gasteiger charge is -2.37. The Morgan fingerprint density at radius 2 is 1.96 bits per heavy atom. The highest BCUT2D eigenvalue weighted by atomic mass is 16.5. The molecule has 4 nitrogen and oxygen atoms in total. The third kappa shape index (κ3) is 3.63. The van der Waals surface area contributed by atoms with Crippen LogP contribution in [0.1, 0.15) is 63.5 Å². The molecule has 0 N–H and O–H groups in total. The Morgan fingerprint density at radius 1 is 1.24 bits per heavy atom. The molecule has 25 heavy (non-hydrogen) atoms. The van der Waals surface area contributed by atoms with Crippen LogP contribution in [-0.2, 0) is 11.2 Å². The van der Waals surface area contributed by atoms with Gasteiger partial charge in [0.1, 0.15) is 5.75 Å². The van der Waals surface area contributed by atoms with Crippen LogP contribution in [0.5, 0.6) is 5.75 Å². The molecule has 0 saturated carbocycles. The van der Waals surface area contributed by atoms with E-state index in [0.29, 0.717) is 12.0 Å². The second-order valence-corrected chi connectivity index (χ2v) is 7.61. The second kappa shape index (κ2) is 7.67. The zero-order valence-electron chi connectivity index (χ0n) is 16.2. The van der Waals surface area contributed by atoms with Gasteiger partial charge >= 0.3 is 0 Å². The van der Waals surface area contributed by atoms with Gasteiger partial charge in [-0.25, -0.2) is 0 Å². The Labute approximate surface area is 152 Å². The molecule has 2 aliphatic heterocycles. The summed E-state index contributed by atoms with van der Waals surface area (Å²) in [6.45, 7) is 8.62. The first-order valence-electron chi connectivity index (χ1n) is 9.79. The van der Waals surface area contributed by atoms with E-state index in [4.69, 9.17) is 4.74 Å². The average Bonchev–Trinajstić information content (AvgIpc) is 2.62. The van der Waals surface area contributed by atoms with Crippen molar-refractivity contribution in [3.05, 3.63) is 23.3 Å². The summed E-state index contributed by atoms with van der Waals surface area (Å²) in [5.41, 5.74) is 4.08. The molecule has 2 heterocycles. The van der Waals surface area contributed by atoms with Crippen LogP contribution in [-0.4, -0.2) is 43.6 Å². The Balaban J connectivity index is 1.90. The van der Waals surface area contributed by atoms with Crippen LogP contribution in [0.4, 0.5) is 5.69 Å². The zero-order valence-corrected chi connectivity index (χ0v) is 16.2. The number of nitrogens with zero attached hydrogens (tertiary/aromatic N) is 2. The number of piperidine rings is 1. The average molecular weight is 344 g/mol. The summed E-state index contributed by atoms with van der Waals surface area (Å²) >= 11 is 0. The van der Waals surface area contributed by atoms with Crippen molar-refractivity contribution in [1.29, 1.82) is 0 Å². The first-order chi connectivity index (χ1) is 12.0. The van der Waals surface area contributed by atoms with Crippen LogP contribution in [0.15, 0.2) is 12.1 Å². The molecule has 0 aliphatic carbocycles. The smallest absolute Gasteiger partial charge is 0.219 e. The predicted octanol–water partition coefficient (Wildman–Crippen LogP) is 3.97. The summed E-state index contributed by atoms with van der Waals surface area (Å²) < 4.78 is 6.29. The van der Waals surface area contributed by atoms with Gasteiger partial charge in [0, 0.05) is 44.4 Å². The molecule has 1 saturated heterocycles. The van der Waals surface area contributed by atoms with Gasteiger partial charge in [-0.2, -0.15) is 0 Å². The molecule has 1 amide bonds. The van der Waals surface area contributed by atoms with Crippen LogP contribution < -0.4 is 9.64 Å². The normalized spacial score (nSPS) is 21.2. The van der Waals surface area contributed by atoms with Crippen molar-refractivity contribution in [2.75, 3.05) is 31.6 Å². The van der Waals surface area contributed by atoms with E-state index in [1.165, 1.54) is 23.2 Å². The van der Waals surface area contributed by atoms with Crippen LogP contribution >= 0.6 is 0 Å². The summed E-state index contributed by atoms with van der Waals surface area (Å²) in [4.78, 5) is 16.0. The van der Waals surface area contributed by atoms with Gasteiger partial charge in [-0.3, -0.25) is 4.79 Å². The van der Waals surface area contributed by atoms with Gasteiger partial charge in [0.25, 0.3) is 0 Å². The standard InChI is InChI=1S/C21H32N2O2/c1-5-14-25-21-18(17-10-12-23(13-11-17)16(3)24)8-9-20-19(21)7-6-15(2)22(20)4/h8-9,15,17H,5-7,10-14H2,1-4H3. The van der Waals surface area contributed by atoms with Crippen LogP contribution in [0.3, 0.4) is 0 Å². The molecule has 3 rings (SSSR count). The Kier molecular flexibility index (Phi) is 5.55. The maximum absolute atomic E-state index is 11.6. The van der Waals surface area contributed by atoms with Gasteiger partial charge in [-0.05, 0) is 56.6 Å². The van der Waals surface area contributed by atoms with Gasteiger partial charge in [-0.1, -0.05) is 13.0 Å². The lowest BCUT2D eigenvalue weighted by atomic mass is 9.85. The van der Waals surface area contributed by atoms with E-state index >= 15 is 0 Å². The van der Waals surface area contributed by atoms with Gasteiger partial charge in [0.15, 0.2) is 0 Å². The Hall–Kier alpha value is -1.71. The van der Waals surface area contributed by atoms with Crippen molar-refractivity contribution in [1.82, 2.24) is 4.90 Å². The molecule has 4 heteroatoms. The fourth-order valence-electron chi connectivity index (χ4n) is 4.19. The molecule has 1 aromatic rings. The molecule has 0 bridgehead atoms. The lowest BCUT2D eigenvalue weighted by molar-refractivity contribution is -0.129. The van der Waals surface area contributed by atoms with E-state index in [-0.39, 0.29) is 5.91 Å². The number of hydrogen-bond acceptors (Lipinski definition) is 3. The summed E-state index contributed by atoms with van der Waals surface area (Å²) in [5.74, 6) is 1.83. The first kappa shape index (κ1) is 18.1. The topological polar surface area (TPSA) is 32.8 Å². The van der Waals surface area contributed by atoms with Crippen LogP contribution in [0.25, 0.3) is 0 Å². The Morgan fingerprint density at radius 3 is 2.60 bits per heavy atom. The molecule has 0 aromatic heterocycles. The number of fused-ring (bicyclic) bond motifs is 1. The molecule has 1 aromatic carbocycles. The van der Waals surface area contributed by atoms with E-state index in [9.17, 15) is 4.79 Å². The fourth-order valence-corrected chi connectivity index (χ4v) is 4.19. The number of anilines is 1. The minimum atomic E-state index is 0.196. The number of carbonyl (C=O) groups excluding carboxylic acids is 1. The zero-order chi connectivity index (χ0) is 18.0. The number of rotatable bonds is 4. The van der Waals surface area contributed by atoms with Gasteiger partial charge in [-0.15, -0.1) is 0 Å². The van der Waals surface area contributed by atoms with E-state index < -0.39 is 0 Å². The third-order valence-corrected chi connectivity index (χ3v) is 5.95. The number of amides is 1. The monoisotopic (exact) mass is 344 g/mol. The summed E-state index contributed by atoms with van der Waals surface area (Å²) in [7, 11) is 2.19. The van der Waals surface area contributed by atoms with Gasteiger partial charge in [0.05, 0.1) is 6.61 Å². The largest absolute Gasteiger partial charge is 0.493 e. The molecule has 0 spiro atoms. The molecule has 2 aliphatic rings. The number of benzene rings is 1. The summed E-state index contributed by atoms with van der Waals surface area (Å²) in [6.07, 6.45) is 5.37. The Bertz CT molecular complexity index is 621. The molecule has 138 valence electrons. The quantitative estimate of drug-likeness (QED) is 0.828. The highest BCUT2D eigenvalue weighted by Crippen LogP contribution is 2.43. The van der Waals surface area contributed by atoms with Gasteiger partial charge < -0.3 is 14.5 Å². The van der Waals surface area contributed by atoms with Crippen molar-refractivity contribution < 1.29 is 9.53 Å². The van der Waals surface area contributed by atoms with Crippen LogP contribution in [0, 0.1) is 0 Å². The molecular weight excluding hydrogens is 312 g/mol. The van der Waals surface area contributed by atoms with Crippen LogP contribution in [0.2, 0.25) is 0 Å².